The Morgan fingerprint density at radius 2 is 0.723 bits per heavy atom. The number of hydrogen-bond donors (Lipinski definition) is 0. The Bertz CT molecular complexity index is 4490. The molecule has 1 fully saturated rings. The lowest BCUT2D eigenvalue weighted by molar-refractivity contribution is 0.194. The van der Waals surface area contributed by atoms with E-state index in [0.29, 0.717) is 0 Å². The maximum atomic E-state index is 2.98. The first-order valence-corrected chi connectivity index (χ1v) is 37.3. The highest BCUT2D eigenvalue weighted by Crippen LogP contribution is 2.68. The van der Waals surface area contributed by atoms with Crippen LogP contribution in [-0.2, 0) is 59.6 Å². The summed E-state index contributed by atoms with van der Waals surface area (Å²) in [6, 6.07) is 32.8. The van der Waals surface area contributed by atoms with Crippen LogP contribution in [-0.4, -0.2) is 12.3 Å². The number of hydrogen-bond acceptors (Lipinski definition) is 3. The lowest BCUT2D eigenvalue weighted by atomic mass is 9.29. The van der Waals surface area contributed by atoms with Gasteiger partial charge in [0.25, 0.3) is 0 Å². The molecule has 492 valence electrons. The fourth-order valence-corrected chi connectivity index (χ4v) is 22.5. The highest BCUT2D eigenvalue weighted by Gasteiger charge is 2.62. The molecule has 94 heavy (non-hydrogen) atoms. The van der Waals surface area contributed by atoms with Gasteiger partial charge in [-0.2, -0.15) is 0 Å². The second-order valence-electron chi connectivity index (χ2n) is 39.7. The van der Waals surface area contributed by atoms with Crippen LogP contribution in [0.25, 0.3) is 11.2 Å². The highest BCUT2D eigenvalue weighted by molar-refractivity contribution is 7.00. The molecule has 0 radical (unpaired) electrons. The molecule has 16 rings (SSSR count). The second kappa shape index (κ2) is 18.7. The lowest BCUT2D eigenvalue weighted by Gasteiger charge is -2.52. The highest BCUT2D eigenvalue weighted by atomic mass is 15.3. The summed E-state index contributed by atoms with van der Waals surface area (Å²) >= 11 is 0. The van der Waals surface area contributed by atoms with Gasteiger partial charge in [-0.05, 0) is 278 Å². The van der Waals surface area contributed by atoms with Gasteiger partial charge in [-0.25, -0.2) is 0 Å². The van der Waals surface area contributed by atoms with Gasteiger partial charge in [0, 0.05) is 67.3 Å². The molecule has 6 aromatic carbocycles. The van der Waals surface area contributed by atoms with Crippen molar-refractivity contribution in [3.63, 3.8) is 0 Å². The van der Waals surface area contributed by atoms with Gasteiger partial charge in [-0.3, -0.25) is 0 Å². The molecule has 4 heteroatoms. The Kier molecular flexibility index (Phi) is 12.6. The van der Waals surface area contributed by atoms with Gasteiger partial charge in [0.15, 0.2) is 0 Å². The Balaban J connectivity index is 1.12. The van der Waals surface area contributed by atoms with E-state index >= 15 is 0 Å². The Labute approximate surface area is 569 Å². The van der Waals surface area contributed by atoms with E-state index in [-0.39, 0.29) is 71.8 Å². The number of aryl methyl sites for hydroxylation is 4. The van der Waals surface area contributed by atoms with Crippen LogP contribution in [0.1, 0.15) is 324 Å². The number of nitrogens with zero attached hydrogens (tertiary/aromatic N) is 3. The second-order valence-corrected chi connectivity index (χ2v) is 39.7. The van der Waals surface area contributed by atoms with Crippen LogP contribution in [0.4, 0.5) is 34.1 Å². The SMILES string of the molecule is Cc1cc(C)c2c(c1)N(c1cc3c4c(c1)N(c1cc5c(cc1C)C(C)(C)CCC5(C)C)C1=C(B4C4=C(c5cc6c(cc5C4(C)C)C(C)(C)CCC6(C)C)N3c3cc4c(cc3C)C(C)(C)CCC4(C)C)c3cc4c(cc3C1(C)C)C(C)(C)CCC4(C)C)C1(C)CCCCC21C. The zero-order chi connectivity index (χ0) is 67.4. The third-order valence-corrected chi connectivity index (χ3v) is 29.2. The molecular formula is C90H114BN3. The minimum Gasteiger partial charge on any atom is -0.334 e. The number of allylic oxidation sites excluding steroid dienone is 2. The van der Waals surface area contributed by atoms with Crippen molar-refractivity contribution >= 4 is 57.5 Å². The van der Waals surface area contributed by atoms with E-state index in [1.807, 2.05) is 0 Å². The first-order valence-electron chi connectivity index (χ1n) is 37.3. The van der Waals surface area contributed by atoms with Crippen LogP contribution in [0, 0.1) is 27.7 Å². The summed E-state index contributed by atoms with van der Waals surface area (Å²) in [7, 11) is 0. The molecule has 6 aromatic rings. The standard InChI is InChI=1S/C90H114BN3/c1-51-39-54(4)73-70(40-51)94(90(26)30-28-27-29-89(73,90)25)55-43-71-75-72(44-55)93(69-50-67-61(42-53(69)3)80(7,8)32-38-86(67,19)20)78-74(56-45-62-64(47-58(56)88(78,23)24)83(13,14)35-33-81(62,9)10)91(75)77-76(92(71)68-49-66-60(41-52(68)2)79(5,6)31-37-85(66,17)18)57-46-63-65(48-59(57)87(77,21)22)84(15,16)36-34-82(63,11)12/h39-50H,27-38H2,1-26H3. The van der Waals surface area contributed by atoms with Crippen LogP contribution < -0.4 is 20.2 Å². The first-order chi connectivity index (χ1) is 43.4. The van der Waals surface area contributed by atoms with Crippen molar-refractivity contribution in [1.29, 1.82) is 0 Å². The summed E-state index contributed by atoms with van der Waals surface area (Å²) in [5.41, 5.74) is 40.6. The van der Waals surface area contributed by atoms with E-state index < -0.39 is 0 Å². The van der Waals surface area contributed by atoms with Gasteiger partial charge in [0.1, 0.15) is 0 Å². The quantitative estimate of drug-likeness (QED) is 0.164. The molecule has 3 aliphatic heterocycles. The van der Waals surface area contributed by atoms with Crippen molar-refractivity contribution in [3.8, 4) is 0 Å². The third-order valence-electron chi connectivity index (χ3n) is 29.2. The molecule has 2 unspecified atom stereocenters. The largest absolute Gasteiger partial charge is 0.334 e. The fraction of sp³-hybridized carbons (Fsp3) is 0.556. The van der Waals surface area contributed by atoms with Crippen molar-refractivity contribution in [2.75, 3.05) is 14.7 Å². The fourth-order valence-electron chi connectivity index (χ4n) is 22.5. The first kappa shape index (κ1) is 63.0. The monoisotopic (exact) mass is 1250 g/mol. The number of rotatable bonds is 3. The molecule has 0 bridgehead atoms. The molecule has 2 atom stereocenters. The zero-order valence-electron chi connectivity index (χ0n) is 63.3. The zero-order valence-corrected chi connectivity index (χ0v) is 63.3. The van der Waals surface area contributed by atoms with Crippen LogP contribution in [0.15, 0.2) is 84.0 Å². The number of fused-ring (bicyclic) bond motifs is 13. The Morgan fingerprint density at radius 1 is 0.330 bits per heavy atom. The van der Waals surface area contributed by atoms with Crippen LogP contribution in [0.2, 0.25) is 0 Å². The minimum absolute atomic E-state index is 0.00408. The molecule has 1 saturated carbocycles. The van der Waals surface area contributed by atoms with Gasteiger partial charge in [-0.1, -0.05) is 200 Å². The molecule has 0 saturated heterocycles. The molecule has 0 N–H and O–H groups in total. The van der Waals surface area contributed by atoms with Crippen LogP contribution in [0.5, 0.6) is 0 Å². The Hall–Kier alpha value is -5.74. The molecule has 3 nitrogen and oxygen atoms in total. The van der Waals surface area contributed by atoms with Gasteiger partial charge >= 0.3 is 0 Å². The van der Waals surface area contributed by atoms with E-state index in [9.17, 15) is 0 Å². The summed E-state index contributed by atoms with van der Waals surface area (Å²) in [6.07, 6.45) is 14.3. The maximum absolute atomic E-state index is 2.98. The van der Waals surface area contributed by atoms with E-state index in [1.165, 1.54) is 188 Å². The van der Waals surface area contributed by atoms with E-state index in [2.05, 4.69) is 268 Å². The predicted molar refractivity (Wildman–Crippen MR) is 405 cm³/mol. The van der Waals surface area contributed by atoms with E-state index in [0.717, 1.165) is 6.42 Å². The van der Waals surface area contributed by atoms with Crippen molar-refractivity contribution < 1.29 is 0 Å². The molecular weight excluding hydrogens is 1130 g/mol. The van der Waals surface area contributed by atoms with Gasteiger partial charge in [0.05, 0.1) is 5.54 Å². The van der Waals surface area contributed by atoms with E-state index in [1.54, 1.807) is 38.8 Å². The van der Waals surface area contributed by atoms with Crippen molar-refractivity contribution in [3.05, 3.63) is 179 Å². The summed E-state index contributed by atoms with van der Waals surface area (Å²) in [5.74, 6) is 0. The lowest BCUT2D eigenvalue weighted by Crippen LogP contribution is -2.55. The van der Waals surface area contributed by atoms with Crippen LogP contribution in [0.3, 0.4) is 0 Å². The number of anilines is 6. The van der Waals surface area contributed by atoms with Gasteiger partial charge in [0.2, 0.25) is 6.71 Å². The Morgan fingerprint density at radius 3 is 1.20 bits per heavy atom. The molecule has 0 spiro atoms. The van der Waals surface area contributed by atoms with Crippen molar-refractivity contribution in [1.82, 2.24) is 0 Å². The maximum Gasteiger partial charge on any atom is 0.249 e. The average Bonchev–Trinajstić information content (AvgIpc) is 1.45. The predicted octanol–water partition coefficient (Wildman–Crippen LogP) is 23.5. The van der Waals surface area contributed by atoms with Crippen molar-refractivity contribution in [2.24, 2.45) is 0 Å². The molecule has 10 aliphatic rings. The summed E-state index contributed by atoms with van der Waals surface area (Å²) in [5, 5.41) is 0. The van der Waals surface area contributed by atoms with E-state index in [4.69, 9.17) is 0 Å². The number of benzene rings is 6. The topological polar surface area (TPSA) is 9.72 Å². The summed E-state index contributed by atoms with van der Waals surface area (Å²) in [4.78, 5) is 8.91. The summed E-state index contributed by atoms with van der Waals surface area (Å²) in [6.45, 7) is 66.5. The molecule has 0 amide bonds. The van der Waals surface area contributed by atoms with Crippen molar-refractivity contribution in [2.45, 2.75) is 322 Å². The van der Waals surface area contributed by atoms with Crippen LogP contribution >= 0.6 is 0 Å². The molecule has 0 aromatic heterocycles. The normalized spacial score (nSPS) is 26.9. The average molecular weight is 1250 g/mol. The van der Waals surface area contributed by atoms with Gasteiger partial charge in [-0.15, -0.1) is 0 Å². The van der Waals surface area contributed by atoms with Gasteiger partial charge < -0.3 is 14.7 Å². The minimum atomic E-state index is -0.376. The molecule has 7 aliphatic carbocycles. The molecule has 3 heterocycles. The summed E-state index contributed by atoms with van der Waals surface area (Å²) < 4.78 is 0. The smallest absolute Gasteiger partial charge is 0.249 e. The third kappa shape index (κ3) is 7.98.